The van der Waals surface area contributed by atoms with Gasteiger partial charge in [-0.3, -0.25) is 0 Å². The van der Waals surface area contributed by atoms with Crippen molar-refractivity contribution >= 4 is 17.3 Å². The Balaban J connectivity index is 1.67. The van der Waals surface area contributed by atoms with Crippen molar-refractivity contribution in [3.05, 3.63) is 58.9 Å². The van der Waals surface area contributed by atoms with Crippen molar-refractivity contribution in [3.8, 4) is 11.8 Å². The van der Waals surface area contributed by atoms with Gasteiger partial charge >= 0.3 is 0 Å². The van der Waals surface area contributed by atoms with Crippen LogP contribution in [0, 0.1) is 17.1 Å². The lowest BCUT2D eigenvalue weighted by atomic mass is 10.0. The van der Waals surface area contributed by atoms with Gasteiger partial charge < -0.3 is 9.64 Å². The van der Waals surface area contributed by atoms with E-state index in [4.69, 9.17) is 21.6 Å². The quantitative estimate of drug-likeness (QED) is 0.837. The maximum absolute atomic E-state index is 13.7. The Morgan fingerprint density at radius 3 is 2.57 bits per heavy atom. The molecule has 0 aliphatic carbocycles. The van der Waals surface area contributed by atoms with Gasteiger partial charge in [-0.15, -0.1) is 0 Å². The molecule has 0 aromatic heterocycles. The van der Waals surface area contributed by atoms with Gasteiger partial charge in [0.25, 0.3) is 0 Å². The highest BCUT2D eigenvalue weighted by atomic mass is 35.5. The molecule has 0 spiro atoms. The van der Waals surface area contributed by atoms with E-state index in [2.05, 4.69) is 0 Å². The lowest BCUT2D eigenvalue weighted by Crippen LogP contribution is -2.38. The van der Waals surface area contributed by atoms with Crippen LogP contribution >= 0.6 is 11.6 Å². The summed E-state index contributed by atoms with van der Waals surface area (Å²) in [5, 5.41) is 9.75. The topological polar surface area (TPSA) is 36.3 Å². The van der Waals surface area contributed by atoms with Crippen molar-refractivity contribution < 1.29 is 9.13 Å². The summed E-state index contributed by atoms with van der Waals surface area (Å²) in [4.78, 5) is 2.04. The van der Waals surface area contributed by atoms with Crippen LogP contribution in [0.1, 0.15) is 18.4 Å². The second-order valence-electron chi connectivity index (χ2n) is 5.48. The third-order valence-corrected chi connectivity index (χ3v) is 4.33. The number of hydrogen-bond acceptors (Lipinski definition) is 3. The van der Waals surface area contributed by atoms with E-state index in [0.717, 1.165) is 12.8 Å². The number of ether oxygens (including phenoxy) is 1. The van der Waals surface area contributed by atoms with Crippen LogP contribution in [0.15, 0.2) is 42.5 Å². The third-order valence-electron chi connectivity index (χ3n) is 4.02. The summed E-state index contributed by atoms with van der Waals surface area (Å²) in [6.07, 6.45) is 1.67. The van der Waals surface area contributed by atoms with Gasteiger partial charge in [-0.25, -0.2) is 4.39 Å². The highest BCUT2D eigenvalue weighted by molar-refractivity contribution is 6.32. The molecular weight excluding hydrogens is 315 g/mol. The predicted octanol–water partition coefficient (Wildman–Crippen LogP) is 4.40. The predicted molar refractivity (Wildman–Crippen MR) is 88.4 cm³/mol. The molecule has 0 atom stereocenters. The van der Waals surface area contributed by atoms with Crippen LogP contribution in [-0.2, 0) is 0 Å². The van der Waals surface area contributed by atoms with Crippen LogP contribution in [-0.4, -0.2) is 19.2 Å². The number of rotatable bonds is 3. The Bertz CT molecular complexity index is 736. The molecule has 3 nitrogen and oxygen atoms in total. The molecule has 1 aliphatic rings. The largest absolute Gasteiger partial charge is 0.489 e. The minimum Gasteiger partial charge on any atom is -0.489 e. The average Bonchev–Trinajstić information content (AvgIpc) is 2.57. The molecule has 1 heterocycles. The second kappa shape index (κ2) is 6.89. The molecule has 1 aliphatic heterocycles. The molecule has 5 heteroatoms. The lowest BCUT2D eigenvalue weighted by molar-refractivity contribution is 0.171. The summed E-state index contributed by atoms with van der Waals surface area (Å²) < 4.78 is 19.7. The average molecular weight is 331 g/mol. The van der Waals surface area contributed by atoms with Crippen LogP contribution in [0.4, 0.5) is 10.1 Å². The van der Waals surface area contributed by atoms with E-state index in [1.54, 1.807) is 18.2 Å². The summed E-state index contributed by atoms with van der Waals surface area (Å²) >= 11 is 6.11. The maximum atomic E-state index is 13.7. The van der Waals surface area contributed by atoms with Crippen molar-refractivity contribution in [2.24, 2.45) is 0 Å². The van der Waals surface area contributed by atoms with Gasteiger partial charge in [-0.1, -0.05) is 29.8 Å². The molecule has 0 N–H and O–H groups in total. The van der Waals surface area contributed by atoms with Crippen molar-refractivity contribution in [3.63, 3.8) is 0 Å². The normalized spacial score (nSPS) is 15.3. The van der Waals surface area contributed by atoms with Crippen LogP contribution in [0.5, 0.6) is 5.75 Å². The Morgan fingerprint density at radius 2 is 1.87 bits per heavy atom. The molecule has 1 fully saturated rings. The molecule has 23 heavy (non-hydrogen) atoms. The Hall–Kier alpha value is -2.25. The monoisotopic (exact) mass is 330 g/mol. The van der Waals surface area contributed by atoms with Gasteiger partial charge in [0, 0.05) is 25.9 Å². The highest BCUT2D eigenvalue weighted by Gasteiger charge is 2.23. The van der Waals surface area contributed by atoms with Crippen LogP contribution in [0.25, 0.3) is 0 Å². The summed E-state index contributed by atoms with van der Waals surface area (Å²) in [7, 11) is 0. The number of halogens is 2. The first kappa shape index (κ1) is 15.6. The zero-order chi connectivity index (χ0) is 16.2. The molecule has 0 radical (unpaired) electrons. The highest BCUT2D eigenvalue weighted by Crippen LogP contribution is 2.29. The SMILES string of the molecule is N#Cc1c(F)cccc1N1CCC(Oc2ccccc2Cl)CC1. The van der Waals surface area contributed by atoms with E-state index >= 15 is 0 Å². The Labute approximate surface area is 139 Å². The first-order chi connectivity index (χ1) is 11.2. The maximum Gasteiger partial charge on any atom is 0.143 e. The lowest BCUT2D eigenvalue weighted by Gasteiger charge is -2.34. The van der Waals surface area contributed by atoms with Gasteiger partial charge in [-0.05, 0) is 24.3 Å². The summed E-state index contributed by atoms with van der Waals surface area (Å²) in [6, 6.07) is 14.1. The smallest absolute Gasteiger partial charge is 0.143 e. The van der Waals surface area contributed by atoms with Crippen LogP contribution in [0.3, 0.4) is 0 Å². The van der Waals surface area contributed by atoms with Crippen molar-refractivity contribution in [1.82, 2.24) is 0 Å². The van der Waals surface area contributed by atoms with E-state index in [1.807, 2.05) is 29.2 Å². The van der Waals surface area contributed by atoms with Crippen molar-refractivity contribution in [2.45, 2.75) is 18.9 Å². The summed E-state index contributed by atoms with van der Waals surface area (Å²) in [5.74, 6) is 0.218. The van der Waals surface area contributed by atoms with Gasteiger partial charge in [0.15, 0.2) is 0 Å². The van der Waals surface area contributed by atoms with Crippen molar-refractivity contribution in [1.29, 1.82) is 5.26 Å². The minimum absolute atomic E-state index is 0.0743. The molecule has 0 unspecified atom stereocenters. The number of hydrogen-bond donors (Lipinski definition) is 0. The van der Waals surface area contributed by atoms with Gasteiger partial charge in [0.2, 0.25) is 0 Å². The summed E-state index contributed by atoms with van der Waals surface area (Å²) in [5.41, 5.74) is 0.765. The zero-order valence-electron chi connectivity index (χ0n) is 12.5. The third kappa shape index (κ3) is 3.40. The molecule has 2 aromatic rings. The van der Waals surface area contributed by atoms with Crippen LogP contribution in [0.2, 0.25) is 5.02 Å². The van der Waals surface area contributed by atoms with Crippen LogP contribution < -0.4 is 9.64 Å². The van der Waals surface area contributed by atoms with E-state index in [9.17, 15) is 4.39 Å². The van der Waals surface area contributed by atoms with E-state index in [0.29, 0.717) is 29.5 Å². The molecule has 1 saturated heterocycles. The molecule has 0 bridgehead atoms. The molecule has 118 valence electrons. The van der Waals surface area contributed by atoms with Crippen molar-refractivity contribution in [2.75, 3.05) is 18.0 Å². The molecule has 0 saturated carbocycles. The standard InChI is InChI=1S/C18H16ClFN2O/c19-15-4-1-2-7-18(15)23-13-8-10-22(11-9-13)17-6-3-5-16(20)14(17)12-21/h1-7,13H,8-11H2. The van der Waals surface area contributed by atoms with E-state index < -0.39 is 5.82 Å². The number of benzene rings is 2. The fraction of sp³-hybridized carbons (Fsp3) is 0.278. The fourth-order valence-corrected chi connectivity index (χ4v) is 3.00. The molecule has 2 aromatic carbocycles. The first-order valence-corrected chi connectivity index (χ1v) is 7.91. The van der Waals surface area contributed by atoms with Gasteiger partial charge in [-0.2, -0.15) is 5.26 Å². The number of anilines is 1. The number of piperidine rings is 1. The molecule has 0 amide bonds. The number of nitrogens with zero attached hydrogens (tertiary/aromatic N) is 2. The molecule has 3 rings (SSSR count). The first-order valence-electron chi connectivity index (χ1n) is 7.54. The van der Waals surface area contributed by atoms with E-state index in [-0.39, 0.29) is 11.7 Å². The fourth-order valence-electron chi connectivity index (χ4n) is 2.82. The Kier molecular flexibility index (Phi) is 4.68. The van der Waals surface area contributed by atoms with Gasteiger partial charge in [0.05, 0.1) is 10.7 Å². The number of nitriles is 1. The minimum atomic E-state index is -0.473. The van der Waals surface area contributed by atoms with E-state index in [1.165, 1.54) is 6.07 Å². The van der Waals surface area contributed by atoms with Gasteiger partial charge in [0.1, 0.15) is 29.3 Å². The number of para-hydroxylation sites is 1. The zero-order valence-corrected chi connectivity index (χ0v) is 13.3. The summed E-state index contributed by atoms with van der Waals surface area (Å²) in [6.45, 7) is 1.43. The second-order valence-corrected chi connectivity index (χ2v) is 5.89. The molecular formula is C18H16ClFN2O. The Morgan fingerprint density at radius 1 is 1.13 bits per heavy atom.